The summed E-state index contributed by atoms with van der Waals surface area (Å²) in [6, 6.07) is 19.7. The van der Waals surface area contributed by atoms with Gasteiger partial charge in [-0.2, -0.15) is 0 Å². The summed E-state index contributed by atoms with van der Waals surface area (Å²) >= 11 is 0. The van der Waals surface area contributed by atoms with Crippen molar-refractivity contribution in [2.24, 2.45) is 5.92 Å². The standard InChI is InChI=1S/C25H32N4O3/c30-20-26-24(25(31)32-23-9-5-2-6-10-23)27-15-17-29(18-16-27)28-13-11-22(12-14-28)19-21-7-3-1-4-8-21/h1-10,20,22,24H,11-19H2,(H,26,30). The first kappa shape index (κ1) is 22.5. The molecule has 0 spiro atoms. The van der Waals surface area contributed by atoms with Crippen molar-refractivity contribution in [2.75, 3.05) is 39.3 Å². The third-order valence-corrected chi connectivity index (χ3v) is 6.42. The van der Waals surface area contributed by atoms with E-state index in [2.05, 4.69) is 45.7 Å². The molecule has 1 atom stereocenters. The first-order valence-corrected chi connectivity index (χ1v) is 11.5. The molecule has 7 nitrogen and oxygen atoms in total. The van der Waals surface area contributed by atoms with E-state index in [1.54, 1.807) is 12.1 Å². The molecule has 1 unspecified atom stereocenters. The van der Waals surface area contributed by atoms with Gasteiger partial charge in [-0.05, 0) is 42.9 Å². The van der Waals surface area contributed by atoms with Crippen LogP contribution >= 0.6 is 0 Å². The quantitative estimate of drug-likeness (QED) is 0.389. The van der Waals surface area contributed by atoms with Gasteiger partial charge in [-0.25, -0.2) is 14.8 Å². The maximum absolute atomic E-state index is 12.7. The molecule has 0 aromatic heterocycles. The number of para-hydroxylation sites is 1. The highest BCUT2D eigenvalue weighted by Crippen LogP contribution is 2.23. The van der Waals surface area contributed by atoms with Crippen LogP contribution in [0.2, 0.25) is 0 Å². The van der Waals surface area contributed by atoms with E-state index in [0.717, 1.165) is 38.5 Å². The van der Waals surface area contributed by atoms with E-state index >= 15 is 0 Å². The summed E-state index contributed by atoms with van der Waals surface area (Å²) in [4.78, 5) is 25.8. The summed E-state index contributed by atoms with van der Waals surface area (Å²) in [6.07, 6.45) is 3.36. The number of hydrogen-bond donors (Lipinski definition) is 1. The lowest BCUT2D eigenvalue weighted by atomic mass is 9.91. The van der Waals surface area contributed by atoms with Crippen molar-refractivity contribution in [3.05, 3.63) is 66.2 Å². The maximum atomic E-state index is 12.7. The van der Waals surface area contributed by atoms with Gasteiger partial charge in [0.05, 0.1) is 0 Å². The molecule has 0 bridgehead atoms. The molecule has 2 fully saturated rings. The average Bonchev–Trinajstić information content (AvgIpc) is 2.84. The number of amides is 1. The number of piperidine rings is 1. The monoisotopic (exact) mass is 436 g/mol. The molecule has 0 aliphatic carbocycles. The highest BCUT2D eigenvalue weighted by Gasteiger charge is 2.32. The van der Waals surface area contributed by atoms with Crippen LogP contribution in [0.25, 0.3) is 0 Å². The first-order chi connectivity index (χ1) is 15.7. The van der Waals surface area contributed by atoms with Crippen molar-refractivity contribution in [3.63, 3.8) is 0 Å². The Hall–Kier alpha value is -2.74. The highest BCUT2D eigenvalue weighted by atomic mass is 16.5. The largest absolute Gasteiger partial charge is 0.424 e. The number of rotatable bonds is 8. The van der Waals surface area contributed by atoms with Gasteiger partial charge in [0.15, 0.2) is 6.17 Å². The van der Waals surface area contributed by atoms with Gasteiger partial charge in [0.2, 0.25) is 6.41 Å². The van der Waals surface area contributed by atoms with Crippen molar-refractivity contribution in [1.82, 2.24) is 20.2 Å². The number of piperazine rings is 1. The Labute approximate surface area is 189 Å². The van der Waals surface area contributed by atoms with Crippen LogP contribution in [-0.2, 0) is 16.0 Å². The van der Waals surface area contributed by atoms with Gasteiger partial charge < -0.3 is 10.1 Å². The Kier molecular flexibility index (Phi) is 7.87. The van der Waals surface area contributed by atoms with Gasteiger partial charge in [0.1, 0.15) is 5.75 Å². The Balaban J connectivity index is 1.24. The SMILES string of the molecule is O=CNC(C(=O)Oc1ccccc1)N1CCN(N2CCC(Cc3ccccc3)CC2)CC1. The van der Waals surface area contributed by atoms with E-state index in [0.29, 0.717) is 25.2 Å². The fraction of sp³-hybridized carbons (Fsp3) is 0.440. The van der Waals surface area contributed by atoms with Gasteiger partial charge >= 0.3 is 5.97 Å². The predicted molar refractivity (Wildman–Crippen MR) is 123 cm³/mol. The minimum absolute atomic E-state index is 0.460. The average molecular weight is 437 g/mol. The second-order valence-corrected chi connectivity index (χ2v) is 8.50. The van der Waals surface area contributed by atoms with Gasteiger partial charge in [0, 0.05) is 39.3 Å². The number of ether oxygens (including phenoxy) is 1. The topological polar surface area (TPSA) is 65.1 Å². The summed E-state index contributed by atoms with van der Waals surface area (Å²) in [7, 11) is 0. The van der Waals surface area contributed by atoms with E-state index in [4.69, 9.17) is 4.74 Å². The first-order valence-electron chi connectivity index (χ1n) is 11.5. The van der Waals surface area contributed by atoms with Crippen molar-refractivity contribution in [2.45, 2.75) is 25.4 Å². The van der Waals surface area contributed by atoms with Crippen LogP contribution in [0.1, 0.15) is 18.4 Å². The van der Waals surface area contributed by atoms with Crippen LogP contribution in [0.3, 0.4) is 0 Å². The van der Waals surface area contributed by atoms with Crippen molar-refractivity contribution in [3.8, 4) is 5.75 Å². The second kappa shape index (κ2) is 11.2. The molecule has 4 rings (SSSR count). The Bertz CT molecular complexity index is 848. The van der Waals surface area contributed by atoms with E-state index in [-0.39, 0.29) is 0 Å². The number of hydrazine groups is 1. The van der Waals surface area contributed by atoms with Crippen LogP contribution in [-0.4, -0.2) is 72.7 Å². The fourth-order valence-corrected chi connectivity index (χ4v) is 4.65. The highest BCUT2D eigenvalue weighted by molar-refractivity contribution is 5.79. The molecule has 32 heavy (non-hydrogen) atoms. The molecular weight excluding hydrogens is 404 g/mol. The normalized spacial score (nSPS) is 19.9. The zero-order valence-corrected chi connectivity index (χ0v) is 18.4. The summed E-state index contributed by atoms with van der Waals surface area (Å²) in [5.41, 5.74) is 1.43. The van der Waals surface area contributed by atoms with Gasteiger partial charge in [-0.1, -0.05) is 48.5 Å². The van der Waals surface area contributed by atoms with Crippen molar-refractivity contribution < 1.29 is 14.3 Å². The molecule has 2 saturated heterocycles. The van der Waals surface area contributed by atoms with Crippen LogP contribution in [0.15, 0.2) is 60.7 Å². The summed E-state index contributed by atoms with van der Waals surface area (Å²) in [5, 5.41) is 7.49. The molecular formula is C25H32N4O3. The molecule has 0 saturated carbocycles. The third kappa shape index (κ3) is 5.94. The smallest absolute Gasteiger partial charge is 0.349 e. The third-order valence-electron chi connectivity index (χ3n) is 6.42. The Morgan fingerprint density at radius 2 is 1.50 bits per heavy atom. The molecule has 2 heterocycles. The minimum Gasteiger partial charge on any atom is -0.424 e. The fourth-order valence-electron chi connectivity index (χ4n) is 4.65. The molecule has 1 N–H and O–H groups in total. The number of nitrogens with one attached hydrogen (secondary N) is 1. The molecule has 2 aliphatic rings. The molecule has 2 aliphatic heterocycles. The number of carbonyl (C=O) groups is 2. The van der Waals surface area contributed by atoms with E-state index in [1.165, 1.54) is 18.4 Å². The van der Waals surface area contributed by atoms with E-state index < -0.39 is 12.1 Å². The van der Waals surface area contributed by atoms with Crippen molar-refractivity contribution in [1.29, 1.82) is 0 Å². The molecule has 0 radical (unpaired) electrons. The lowest BCUT2D eigenvalue weighted by Gasteiger charge is -2.45. The molecule has 7 heteroatoms. The summed E-state index contributed by atoms with van der Waals surface area (Å²) in [5.74, 6) is 0.759. The van der Waals surface area contributed by atoms with E-state index in [1.807, 2.05) is 23.1 Å². The van der Waals surface area contributed by atoms with Crippen molar-refractivity contribution >= 4 is 12.4 Å². The zero-order chi connectivity index (χ0) is 22.2. The molecule has 1 amide bonds. The van der Waals surface area contributed by atoms with Crippen LogP contribution in [0.5, 0.6) is 5.75 Å². The van der Waals surface area contributed by atoms with Gasteiger partial charge in [-0.15, -0.1) is 0 Å². The zero-order valence-electron chi connectivity index (χ0n) is 18.4. The predicted octanol–water partition coefficient (Wildman–Crippen LogP) is 2.15. The van der Waals surface area contributed by atoms with Gasteiger partial charge in [0.25, 0.3) is 0 Å². The van der Waals surface area contributed by atoms with Crippen LogP contribution in [0.4, 0.5) is 0 Å². The second-order valence-electron chi connectivity index (χ2n) is 8.50. The van der Waals surface area contributed by atoms with E-state index in [9.17, 15) is 9.59 Å². The Morgan fingerprint density at radius 1 is 0.906 bits per heavy atom. The van der Waals surface area contributed by atoms with Gasteiger partial charge in [-0.3, -0.25) is 9.69 Å². The minimum atomic E-state index is -0.772. The van der Waals surface area contributed by atoms with Crippen LogP contribution in [0, 0.1) is 5.92 Å². The summed E-state index contributed by atoms with van der Waals surface area (Å²) in [6.45, 7) is 5.20. The molecule has 170 valence electrons. The number of hydrogen-bond acceptors (Lipinski definition) is 6. The number of carbonyl (C=O) groups excluding carboxylic acids is 2. The lowest BCUT2D eigenvalue weighted by Crippen LogP contribution is -2.61. The number of benzene rings is 2. The Morgan fingerprint density at radius 3 is 2.12 bits per heavy atom. The lowest BCUT2D eigenvalue weighted by molar-refractivity contribution is -0.146. The molecule has 2 aromatic carbocycles. The van der Waals surface area contributed by atoms with Crippen LogP contribution < -0.4 is 10.1 Å². The number of nitrogens with zero attached hydrogens (tertiary/aromatic N) is 3. The molecule has 2 aromatic rings. The maximum Gasteiger partial charge on any atom is 0.349 e. The summed E-state index contributed by atoms with van der Waals surface area (Å²) < 4.78 is 5.46. The number of esters is 1.